The monoisotopic (exact) mass is 296 g/mol. The van der Waals surface area contributed by atoms with Crippen LogP contribution < -0.4 is 0 Å². The van der Waals surface area contributed by atoms with Crippen LogP contribution in [0.2, 0.25) is 9.41 Å². The first-order chi connectivity index (χ1) is 5.50. The van der Waals surface area contributed by atoms with Crippen LogP contribution in [0.3, 0.4) is 0 Å². The first kappa shape index (κ1) is 13.0. The molecule has 0 saturated carbocycles. The normalized spacial score (nSPS) is 13.5. The molecule has 0 N–H and O–H groups in total. The van der Waals surface area contributed by atoms with E-state index in [4.69, 9.17) is 4.43 Å². The van der Waals surface area contributed by atoms with Gasteiger partial charge in [-0.25, -0.2) is 0 Å². The molecule has 0 aliphatic carbocycles. The van der Waals surface area contributed by atoms with Gasteiger partial charge in [0.1, 0.15) is 0 Å². The Bertz CT molecular complexity index is 115. The Hall–Kier alpha value is 0.995. The summed E-state index contributed by atoms with van der Waals surface area (Å²) in [5.41, 5.74) is 0. The molecule has 0 saturated heterocycles. The summed E-state index contributed by atoms with van der Waals surface area (Å²) in [6.45, 7) is 10.3. The number of rotatable bonds is 6. The first-order valence-corrected chi connectivity index (χ1v) is 8.40. The van der Waals surface area contributed by atoms with E-state index in [0.717, 1.165) is 12.5 Å². The van der Waals surface area contributed by atoms with Crippen molar-refractivity contribution in [2.75, 3.05) is 6.61 Å². The quantitative estimate of drug-likeness (QED) is 0.532. The third-order valence-corrected chi connectivity index (χ3v) is 5.75. The first-order valence-electron chi connectivity index (χ1n) is 4.78. The predicted octanol–water partition coefficient (Wildman–Crippen LogP) is 1.38. The molecule has 0 heterocycles. The number of hydrogen-bond donors (Lipinski definition) is 0. The van der Waals surface area contributed by atoms with Gasteiger partial charge in [0, 0.05) is 0 Å². The molecule has 0 bridgehead atoms. The zero-order valence-electron chi connectivity index (χ0n) is 8.89. The summed E-state index contributed by atoms with van der Waals surface area (Å²) in [4.78, 5) is 0. The summed E-state index contributed by atoms with van der Waals surface area (Å²) in [7, 11) is -0.314. The van der Waals surface area contributed by atoms with Gasteiger partial charge in [-0.15, -0.1) is 0 Å². The molecular formula is C9H23OSbSi. The molecule has 0 fully saturated rings. The second kappa shape index (κ2) is 6.45. The Morgan fingerprint density at radius 3 is 2.42 bits per heavy atom. The van der Waals surface area contributed by atoms with Gasteiger partial charge in [-0.1, -0.05) is 0 Å². The van der Waals surface area contributed by atoms with Gasteiger partial charge in [0.15, 0.2) is 0 Å². The SMILES string of the molecule is CC(C)C(C)(C)[SiH2]OCC[CH2][SbH2]. The van der Waals surface area contributed by atoms with Crippen molar-refractivity contribution in [3.63, 3.8) is 0 Å². The Morgan fingerprint density at radius 1 is 1.42 bits per heavy atom. The van der Waals surface area contributed by atoms with Crippen molar-refractivity contribution in [1.82, 2.24) is 0 Å². The van der Waals surface area contributed by atoms with Gasteiger partial charge in [0.25, 0.3) is 0 Å². The summed E-state index contributed by atoms with van der Waals surface area (Å²) in [6, 6.07) is 0. The second-order valence-electron chi connectivity index (χ2n) is 4.34. The Morgan fingerprint density at radius 2 is 2.00 bits per heavy atom. The average Bonchev–Trinajstić information content (AvgIpc) is 1.98. The van der Waals surface area contributed by atoms with E-state index < -0.39 is 0 Å². The van der Waals surface area contributed by atoms with Crippen LogP contribution in [-0.2, 0) is 4.43 Å². The van der Waals surface area contributed by atoms with Gasteiger partial charge in [-0.3, -0.25) is 0 Å². The fourth-order valence-electron chi connectivity index (χ4n) is 0.687. The third kappa shape index (κ3) is 5.61. The van der Waals surface area contributed by atoms with Crippen LogP contribution in [0.15, 0.2) is 0 Å². The molecule has 0 aliphatic heterocycles. The third-order valence-electron chi connectivity index (χ3n) is 2.53. The predicted molar refractivity (Wildman–Crippen MR) is 61.3 cm³/mol. The molecule has 0 atom stereocenters. The molecule has 0 aromatic heterocycles. The van der Waals surface area contributed by atoms with Crippen LogP contribution in [0.4, 0.5) is 0 Å². The van der Waals surface area contributed by atoms with Gasteiger partial charge >= 0.3 is 93.3 Å². The summed E-state index contributed by atoms with van der Waals surface area (Å²) in [5.74, 6) is 0.763. The van der Waals surface area contributed by atoms with Crippen molar-refractivity contribution in [1.29, 1.82) is 0 Å². The van der Waals surface area contributed by atoms with Gasteiger partial charge in [-0.05, 0) is 0 Å². The summed E-state index contributed by atoms with van der Waals surface area (Å²) >= 11 is 1.38. The average molecular weight is 297 g/mol. The molecule has 0 rings (SSSR count). The van der Waals surface area contributed by atoms with E-state index in [0.29, 0.717) is 5.04 Å². The van der Waals surface area contributed by atoms with Gasteiger partial charge in [0.2, 0.25) is 0 Å². The summed E-state index contributed by atoms with van der Waals surface area (Å²) in [5, 5.41) is 0.477. The molecule has 1 nitrogen and oxygen atoms in total. The van der Waals surface area contributed by atoms with E-state index in [-0.39, 0.29) is 9.76 Å². The van der Waals surface area contributed by atoms with Gasteiger partial charge in [0.05, 0.1) is 0 Å². The van der Waals surface area contributed by atoms with E-state index in [2.05, 4.69) is 27.7 Å². The molecule has 74 valence electrons. The Labute approximate surface area is 93.1 Å². The molecule has 0 amide bonds. The molecule has 0 radical (unpaired) electrons. The molecule has 0 aromatic carbocycles. The van der Waals surface area contributed by atoms with Crippen molar-refractivity contribution >= 4 is 32.8 Å². The Balaban J connectivity index is 3.47. The standard InChI is InChI=1S/C9H21OSi.Sb.2H/c1-6-7-10-11-9(4,5)8(2)3;;;/h8H,1,6-7,11H2,2-5H3;;;. The summed E-state index contributed by atoms with van der Waals surface area (Å²) < 4.78 is 7.14. The zero-order chi connectivity index (χ0) is 9.61. The van der Waals surface area contributed by atoms with E-state index in [1.54, 1.807) is 0 Å². The molecule has 3 heteroatoms. The van der Waals surface area contributed by atoms with Crippen molar-refractivity contribution < 1.29 is 4.43 Å². The van der Waals surface area contributed by atoms with Crippen LogP contribution in [0.1, 0.15) is 34.1 Å². The minimum atomic E-state index is -0.314. The molecule has 0 unspecified atom stereocenters. The van der Waals surface area contributed by atoms with Crippen molar-refractivity contribution in [3.8, 4) is 0 Å². The summed E-state index contributed by atoms with van der Waals surface area (Å²) in [6.07, 6.45) is 1.28. The van der Waals surface area contributed by atoms with E-state index in [9.17, 15) is 0 Å². The fourth-order valence-corrected chi connectivity index (χ4v) is 2.37. The van der Waals surface area contributed by atoms with Crippen LogP contribution in [-0.4, -0.2) is 39.4 Å². The second-order valence-corrected chi connectivity index (χ2v) is 8.51. The zero-order valence-corrected chi connectivity index (χ0v) is 13.6. The minimum absolute atomic E-state index is 0.314. The topological polar surface area (TPSA) is 9.23 Å². The molecule has 0 spiro atoms. The molecule has 0 aliphatic rings. The molecule has 0 aromatic rings. The van der Waals surface area contributed by atoms with Crippen LogP contribution >= 0.6 is 0 Å². The maximum atomic E-state index is 5.76. The van der Waals surface area contributed by atoms with Crippen LogP contribution in [0, 0.1) is 5.92 Å². The fraction of sp³-hybridized carbons (Fsp3) is 1.00. The van der Waals surface area contributed by atoms with Crippen molar-refractivity contribution in [2.24, 2.45) is 5.92 Å². The molecule has 12 heavy (non-hydrogen) atoms. The van der Waals surface area contributed by atoms with E-state index in [1.807, 2.05) is 0 Å². The van der Waals surface area contributed by atoms with Gasteiger partial charge < -0.3 is 0 Å². The van der Waals surface area contributed by atoms with E-state index >= 15 is 0 Å². The van der Waals surface area contributed by atoms with Crippen molar-refractivity contribution in [3.05, 3.63) is 0 Å². The van der Waals surface area contributed by atoms with Crippen LogP contribution in [0.5, 0.6) is 0 Å². The van der Waals surface area contributed by atoms with Gasteiger partial charge in [-0.2, -0.15) is 0 Å². The number of hydrogen-bond acceptors (Lipinski definition) is 1. The van der Waals surface area contributed by atoms with Crippen molar-refractivity contribution in [2.45, 2.75) is 43.5 Å². The Kier molecular flexibility index (Phi) is 6.98. The van der Waals surface area contributed by atoms with Crippen LogP contribution in [0.25, 0.3) is 0 Å². The van der Waals surface area contributed by atoms with E-state index in [1.165, 1.54) is 33.8 Å². The molecular weight excluding hydrogens is 274 g/mol. The maximum absolute atomic E-state index is 5.76.